The Balaban J connectivity index is 1.53. The van der Waals surface area contributed by atoms with Crippen molar-refractivity contribution in [3.8, 4) is 11.4 Å². The third-order valence-electron chi connectivity index (χ3n) is 6.79. The molecule has 0 atom stereocenters. The molecule has 3 aromatic rings. The van der Waals surface area contributed by atoms with Crippen molar-refractivity contribution in [2.45, 2.75) is 38.4 Å². The van der Waals surface area contributed by atoms with Gasteiger partial charge in [0, 0.05) is 55.4 Å². The Morgan fingerprint density at radius 3 is 2.81 bits per heavy atom. The number of methoxy groups -OCH3 is 1. The van der Waals surface area contributed by atoms with E-state index in [0.717, 1.165) is 67.3 Å². The molecule has 186 valence electrons. The van der Waals surface area contributed by atoms with Crippen LogP contribution in [0.5, 0.6) is 5.75 Å². The number of ether oxygens (including phenoxy) is 1. The van der Waals surface area contributed by atoms with Crippen LogP contribution >= 0.6 is 0 Å². The largest absolute Gasteiger partial charge is 0.494 e. The number of rotatable bonds is 9. The van der Waals surface area contributed by atoms with Crippen molar-refractivity contribution in [3.05, 3.63) is 93.8 Å². The molecule has 2 aliphatic rings. The first kappa shape index (κ1) is 23.7. The van der Waals surface area contributed by atoms with Crippen LogP contribution in [-0.2, 0) is 19.5 Å². The number of nitro groups is 1. The molecule has 9 heteroatoms. The van der Waals surface area contributed by atoms with E-state index in [1.165, 1.54) is 12.1 Å². The van der Waals surface area contributed by atoms with Crippen molar-refractivity contribution >= 4 is 11.6 Å². The zero-order valence-corrected chi connectivity index (χ0v) is 20.3. The van der Waals surface area contributed by atoms with E-state index in [-0.39, 0.29) is 17.6 Å². The number of carbonyl (C=O) groups excluding carboxylic acids is 1. The summed E-state index contributed by atoms with van der Waals surface area (Å²) in [6.45, 7) is 6.61. The standard InChI is InChI=1S/C27H29N5O4/c1-3-14-29-15-13-24-22(17-29)23(28-31(24)25-9-4-5-10-26(25)36-2)18-30(20-11-12-20)27(33)19-7-6-8-21(16-19)32(34)35/h3-10,16,20H,1,11-15,17-18H2,2H3. The molecule has 1 saturated carbocycles. The minimum absolute atomic E-state index is 0.0884. The zero-order chi connectivity index (χ0) is 25.2. The minimum atomic E-state index is -0.474. The Kier molecular flexibility index (Phi) is 6.56. The normalized spacial score (nSPS) is 15.2. The molecular formula is C27H29N5O4. The summed E-state index contributed by atoms with van der Waals surface area (Å²) in [7, 11) is 1.65. The molecule has 1 amide bonds. The number of hydrogen-bond donors (Lipinski definition) is 0. The van der Waals surface area contributed by atoms with Gasteiger partial charge in [0.2, 0.25) is 0 Å². The fourth-order valence-electron chi connectivity index (χ4n) is 4.84. The number of non-ortho nitro benzene ring substituents is 1. The number of carbonyl (C=O) groups is 1. The van der Waals surface area contributed by atoms with Gasteiger partial charge in [0.25, 0.3) is 11.6 Å². The van der Waals surface area contributed by atoms with Crippen molar-refractivity contribution in [2.75, 3.05) is 20.2 Å². The smallest absolute Gasteiger partial charge is 0.270 e. The highest BCUT2D eigenvalue weighted by molar-refractivity contribution is 5.95. The summed E-state index contributed by atoms with van der Waals surface area (Å²) >= 11 is 0. The molecule has 0 saturated heterocycles. The fraction of sp³-hybridized carbons (Fsp3) is 0.333. The topological polar surface area (TPSA) is 93.7 Å². The van der Waals surface area contributed by atoms with E-state index in [1.54, 1.807) is 19.2 Å². The first-order chi connectivity index (χ1) is 17.5. The van der Waals surface area contributed by atoms with Gasteiger partial charge in [0.05, 0.1) is 30.0 Å². The first-order valence-electron chi connectivity index (χ1n) is 12.1. The van der Waals surface area contributed by atoms with Crippen molar-refractivity contribution in [1.82, 2.24) is 19.6 Å². The monoisotopic (exact) mass is 487 g/mol. The van der Waals surface area contributed by atoms with E-state index >= 15 is 0 Å². The van der Waals surface area contributed by atoms with Gasteiger partial charge in [0.1, 0.15) is 11.4 Å². The maximum Gasteiger partial charge on any atom is 0.270 e. The van der Waals surface area contributed by atoms with Crippen LogP contribution in [0.1, 0.15) is 40.2 Å². The van der Waals surface area contributed by atoms with Crippen LogP contribution in [0.3, 0.4) is 0 Å². The number of fused-ring (bicyclic) bond motifs is 1. The maximum atomic E-state index is 13.5. The molecular weight excluding hydrogens is 458 g/mol. The van der Waals surface area contributed by atoms with Crippen LogP contribution in [0.25, 0.3) is 5.69 Å². The van der Waals surface area contributed by atoms with E-state index < -0.39 is 4.92 Å². The molecule has 0 spiro atoms. The van der Waals surface area contributed by atoms with Crippen LogP contribution in [0.2, 0.25) is 0 Å². The SMILES string of the molecule is C=CCN1CCc2c(c(CN(C(=O)c3cccc([N+](=O)[O-])c3)C3CC3)nn2-c2ccccc2OC)C1. The van der Waals surface area contributed by atoms with Gasteiger partial charge < -0.3 is 9.64 Å². The number of aromatic nitrogens is 2. The summed E-state index contributed by atoms with van der Waals surface area (Å²) < 4.78 is 7.57. The quantitative estimate of drug-likeness (QED) is 0.256. The van der Waals surface area contributed by atoms with E-state index in [0.29, 0.717) is 12.1 Å². The van der Waals surface area contributed by atoms with Gasteiger partial charge >= 0.3 is 0 Å². The maximum absolute atomic E-state index is 13.5. The average molecular weight is 488 g/mol. The second-order valence-electron chi connectivity index (χ2n) is 9.20. The molecule has 5 rings (SSSR count). The van der Waals surface area contributed by atoms with Gasteiger partial charge in [-0.1, -0.05) is 24.3 Å². The Morgan fingerprint density at radius 1 is 1.28 bits per heavy atom. The third kappa shape index (κ3) is 4.61. The molecule has 0 unspecified atom stereocenters. The Morgan fingerprint density at radius 2 is 2.08 bits per heavy atom. The molecule has 1 aliphatic heterocycles. The summed E-state index contributed by atoms with van der Waals surface area (Å²) in [5.41, 5.74) is 4.18. The number of nitrogens with zero attached hydrogens (tertiary/aromatic N) is 5. The molecule has 0 N–H and O–H groups in total. The molecule has 36 heavy (non-hydrogen) atoms. The molecule has 9 nitrogen and oxygen atoms in total. The van der Waals surface area contributed by atoms with Crippen LogP contribution in [0.15, 0.2) is 61.2 Å². The molecule has 2 aromatic carbocycles. The highest BCUT2D eigenvalue weighted by Crippen LogP contribution is 2.34. The summed E-state index contributed by atoms with van der Waals surface area (Å²) in [5, 5.41) is 16.3. The van der Waals surface area contributed by atoms with Crippen molar-refractivity contribution in [1.29, 1.82) is 0 Å². The van der Waals surface area contributed by atoms with Gasteiger partial charge in [0.15, 0.2) is 0 Å². The van der Waals surface area contributed by atoms with Crippen molar-refractivity contribution < 1.29 is 14.5 Å². The Labute approximate surface area is 209 Å². The highest BCUT2D eigenvalue weighted by atomic mass is 16.6. The van der Waals surface area contributed by atoms with Crippen molar-refractivity contribution in [3.63, 3.8) is 0 Å². The minimum Gasteiger partial charge on any atom is -0.494 e. The molecule has 2 heterocycles. The van der Waals surface area contributed by atoms with Crippen LogP contribution in [0, 0.1) is 10.1 Å². The average Bonchev–Trinajstić information content (AvgIpc) is 3.68. The lowest BCUT2D eigenvalue weighted by molar-refractivity contribution is -0.384. The second kappa shape index (κ2) is 9.94. The summed E-state index contributed by atoms with van der Waals surface area (Å²) in [6, 6.07) is 13.8. The highest BCUT2D eigenvalue weighted by Gasteiger charge is 2.36. The number of para-hydroxylation sites is 2. The molecule has 0 radical (unpaired) electrons. The summed E-state index contributed by atoms with van der Waals surface area (Å²) in [6.07, 6.45) is 4.55. The fourth-order valence-corrected chi connectivity index (χ4v) is 4.84. The predicted molar refractivity (Wildman–Crippen MR) is 135 cm³/mol. The zero-order valence-electron chi connectivity index (χ0n) is 20.3. The number of amides is 1. The Bertz CT molecular complexity index is 1310. The summed E-state index contributed by atoms with van der Waals surface area (Å²) in [5.74, 6) is 0.523. The van der Waals surface area contributed by atoms with Gasteiger partial charge in [-0.25, -0.2) is 4.68 Å². The van der Waals surface area contributed by atoms with Crippen LogP contribution in [-0.4, -0.2) is 56.7 Å². The van der Waals surface area contributed by atoms with E-state index in [9.17, 15) is 14.9 Å². The van der Waals surface area contributed by atoms with Gasteiger partial charge in [-0.2, -0.15) is 5.10 Å². The molecule has 0 bridgehead atoms. The Hall–Kier alpha value is -3.98. The van der Waals surface area contributed by atoms with Gasteiger partial charge in [-0.15, -0.1) is 6.58 Å². The molecule has 1 aliphatic carbocycles. The number of hydrogen-bond acceptors (Lipinski definition) is 6. The lowest BCUT2D eigenvalue weighted by Gasteiger charge is -2.27. The third-order valence-corrected chi connectivity index (χ3v) is 6.79. The van der Waals surface area contributed by atoms with E-state index in [1.807, 2.05) is 39.9 Å². The van der Waals surface area contributed by atoms with Crippen LogP contribution in [0.4, 0.5) is 5.69 Å². The first-order valence-corrected chi connectivity index (χ1v) is 12.1. The second-order valence-corrected chi connectivity index (χ2v) is 9.20. The van der Waals surface area contributed by atoms with Crippen molar-refractivity contribution in [2.24, 2.45) is 0 Å². The number of nitro benzene ring substituents is 1. The van der Waals surface area contributed by atoms with E-state index in [2.05, 4.69) is 11.5 Å². The lowest BCUT2D eigenvalue weighted by Crippen LogP contribution is -2.34. The van der Waals surface area contributed by atoms with Gasteiger partial charge in [-0.3, -0.25) is 19.8 Å². The van der Waals surface area contributed by atoms with Gasteiger partial charge in [-0.05, 0) is 31.0 Å². The number of benzene rings is 2. The predicted octanol–water partition coefficient (Wildman–Crippen LogP) is 4.14. The van der Waals surface area contributed by atoms with Crippen LogP contribution < -0.4 is 4.74 Å². The van der Waals surface area contributed by atoms with E-state index in [4.69, 9.17) is 9.84 Å². The molecule has 1 aromatic heterocycles. The molecule has 1 fully saturated rings. The lowest BCUT2D eigenvalue weighted by atomic mass is 10.0. The summed E-state index contributed by atoms with van der Waals surface area (Å²) in [4.78, 5) is 28.5.